The molecule has 6 heteroatoms. The van der Waals surface area contributed by atoms with Gasteiger partial charge in [0.05, 0.1) is 0 Å². The van der Waals surface area contributed by atoms with Gasteiger partial charge in [0.25, 0.3) is 0 Å². The smallest absolute Gasteiger partial charge is 0.306 e. The van der Waals surface area contributed by atoms with Crippen LogP contribution in [-0.4, -0.2) is 37.2 Å². The summed E-state index contributed by atoms with van der Waals surface area (Å²) in [6.45, 7) is 6.55. The van der Waals surface area contributed by atoms with E-state index in [2.05, 4.69) is 81.5 Å². The summed E-state index contributed by atoms with van der Waals surface area (Å²) in [4.78, 5) is 38.2. The predicted octanol–water partition coefficient (Wildman–Crippen LogP) is 22.3. The minimum Gasteiger partial charge on any atom is -0.462 e. The Labute approximate surface area is 466 Å². The van der Waals surface area contributed by atoms with Crippen LogP contribution in [0, 0.1) is 0 Å². The van der Waals surface area contributed by atoms with Crippen molar-refractivity contribution in [1.82, 2.24) is 0 Å². The molecule has 6 nitrogen and oxygen atoms in total. The number of unbranched alkanes of at least 4 members (excludes halogenated alkanes) is 39. The molecule has 0 radical (unpaired) electrons. The number of hydrogen-bond acceptors (Lipinski definition) is 6. The van der Waals surface area contributed by atoms with Gasteiger partial charge in [-0.1, -0.05) is 319 Å². The van der Waals surface area contributed by atoms with Crippen LogP contribution in [0.4, 0.5) is 0 Å². The van der Waals surface area contributed by atoms with Crippen molar-refractivity contribution in [2.75, 3.05) is 13.2 Å². The molecule has 0 fully saturated rings. The van der Waals surface area contributed by atoms with Gasteiger partial charge in [0.2, 0.25) is 0 Å². The Balaban J connectivity index is 4.19. The number of ether oxygens (including phenoxy) is 3. The van der Waals surface area contributed by atoms with E-state index >= 15 is 0 Å². The van der Waals surface area contributed by atoms with Crippen LogP contribution in [0.15, 0.2) is 60.8 Å². The third-order valence-electron chi connectivity index (χ3n) is 14.5. The molecule has 0 saturated carbocycles. The Morgan fingerprint density at radius 2 is 0.520 bits per heavy atom. The molecule has 436 valence electrons. The lowest BCUT2D eigenvalue weighted by Crippen LogP contribution is -2.30. The zero-order chi connectivity index (χ0) is 54.3. The summed E-state index contributed by atoms with van der Waals surface area (Å²) in [6, 6.07) is 0. The highest BCUT2D eigenvalue weighted by molar-refractivity contribution is 5.71. The lowest BCUT2D eigenvalue weighted by molar-refractivity contribution is -0.167. The highest BCUT2D eigenvalue weighted by Crippen LogP contribution is 2.18. The number of hydrogen-bond donors (Lipinski definition) is 0. The van der Waals surface area contributed by atoms with E-state index in [1.165, 1.54) is 205 Å². The molecule has 0 rings (SSSR count). The molecule has 0 aliphatic carbocycles. The largest absolute Gasteiger partial charge is 0.462 e. The first-order chi connectivity index (χ1) is 37.0. The van der Waals surface area contributed by atoms with Crippen molar-refractivity contribution in [3.63, 3.8) is 0 Å². The maximum Gasteiger partial charge on any atom is 0.306 e. The third-order valence-corrected chi connectivity index (χ3v) is 14.5. The minimum absolute atomic E-state index is 0.0745. The molecule has 0 aliphatic heterocycles. The van der Waals surface area contributed by atoms with Gasteiger partial charge in [-0.2, -0.15) is 0 Å². The van der Waals surface area contributed by atoms with Gasteiger partial charge in [-0.05, 0) is 64.2 Å². The Morgan fingerprint density at radius 3 is 0.813 bits per heavy atom. The molecular formula is C69H124O6. The molecule has 75 heavy (non-hydrogen) atoms. The number of rotatable bonds is 60. The normalized spacial score (nSPS) is 12.4. The van der Waals surface area contributed by atoms with Gasteiger partial charge in [-0.15, -0.1) is 0 Å². The summed E-state index contributed by atoms with van der Waals surface area (Å²) in [5, 5.41) is 0. The van der Waals surface area contributed by atoms with Gasteiger partial charge in [-0.3, -0.25) is 14.4 Å². The maximum absolute atomic E-state index is 12.9. The van der Waals surface area contributed by atoms with E-state index in [4.69, 9.17) is 14.2 Å². The van der Waals surface area contributed by atoms with Crippen LogP contribution in [0.3, 0.4) is 0 Å². The van der Waals surface area contributed by atoms with Crippen LogP contribution in [0.2, 0.25) is 0 Å². The molecule has 1 atom stereocenters. The number of esters is 3. The molecule has 0 aromatic heterocycles. The van der Waals surface area contributed by atoms with Crippen molar-refractivity contribution in [3.05, 3.63) is 60.8 Å². The van der Waals surface area contributed by atoms with Gasteiger partial charge in [0.1, 0.15) is 13.2 Å². The predicted molar refractivity (Wildman–Crippen MR) is 325 cm³/mol. The molecule has 0 spiro atoms. The quantitative estimate of drug-likeness (QED) is 0.0261. The molecule has 0 saturated heterocycles. The third kappa shape index (κ3) is 61.8. The van der Waals surface area contributed by atoms with Crippen molar-refractivity contribution < 1.29 is 28.6 Å². The second kappa shape index (κ2) is 63.6. The van der Waals surface area contributed by atoms with E-state index in [-0.39, 0.29) is 31.1 Å². The van der Waals surface area contributed by atoms with Crippen molar-refractivity contribution in [1.29, 1.82) is 0 Å². The number of carbonyl (C=O) groups is 3. The van der Waals surface area contributed by atoms with E-state index in [9.17, 15) is 14.4 Å². The average molecular weight is 1050 g/mol. The fourth-order valence-electron chi connectivity index (χ4n) is 9.65. The van der Waals surface area contributed by atoms with E-state index < -0.39 is 6.10 Å². The fourth-order valence-corrected chi connectivity index (χ4v) is 9.65. The van der Waals surface area contributed by atoms with Gasteiger partial charge in [0.15, 0.2) is 6.10 Å². The Bertz CT molecular complexity index is 1340. The zero-order valence-corrected chi connectivity index (χ0v) is 50.1. The van der Waals surface area contributed by atoms with Crippen LogP contribution < -0.4 is 0 Å². The van der Waals surface area contributed by atoms with Crippen LogP contribution in [0.25, 0.3) is 0 Å². The molecule has 0 amide bonds. The molecule has 0 aromatic carbocycles. The van der Waals surface area contributed by atoms with Crippen LogP contribution in [-0.2, 0) is 28.6 Å². The van der Waals surface area contributed by atoms with E-state index in [0.717, 1.165) is 96.3 Å². The molecule has 1 unspecified atom stereocenters. The van der Waals surface area contributed by atoms with E-state index in [0.29, 0.717) is 19.3 Å². The minimum atomic E-state index is -0.777. The van der Waals surface area contributed by atoms with Gasteiger partial charge < -0.3 is 14.2 Å². The van der Waals surface area contributed by atoms with Crippen LogP contribution in [0.1, 0.15) is 342 Å². The highest BCUT2D eigenvalue weighted by atomic mass is 16.6. The summed E-state index contributed by atoms with van der Waals surface area (Å²) in [5.74, 6) is -0.870. The molecule has 0 aliphatic rings. The SMILES string of the molecule is CC/C=C\C/C=C\C/C=C\C/C=C\C/C=C\CCCCCCCCCC(=O)OC(COC(=O)CCCCCCCCCCC)COC(=O)CCCCCCCCCCCCCCCCCCCCCCCCCCC. The van der Waals surface area contributed by atoms with Crippen molar-refractivity contribution >= 4 is 17.9 Å². The molecule has 0 bridgehead atoms. The van der Waals surface area contributed by atoms with Gasteiger partial charge in [0, 0.05) is 19.3 Å². The van der Waals surface area contributed by atoms with Gasteiger partial charge >= 0.3 is 17.9 Å². The topological polar surface area (TPSA) is 78.9 Å². The Morgan fingerprint density at radius 1 is 0.280 bits per heavy atom. The molecule has 0 heterocycles. The number of carbonyl (C=O) groups excluding carboxylic acids is 3. The first kappa shape index (κ1) is 72.1. The lowest BCUT2D eigenvalue weighted by Gasteiger charge is -2.18. The van der Waals surface area contributed by atoms with Crippen molar-refractivity contribution in [2.24, 2.45) is 0 Å². The van der Waals surface area contributed by atoms with E-state index in [1.807, 2.05) is 0 Å². The second-order valence-electron chi connectivity index (χ2n) is 22.0. The van der Waals surface area contributed by atoms with Crippen molar-refractivity contribution in [3.8, 4) is 0 Å². The summed E-state index contributed by atoms with van der Waals surface area (Å²) >= 11 is 0. The average Bonchev–Trinajstić information content (AvgIpc) is 3.41. The zero-order valence-electron chi connectivity index (χ0n) is 50.1. The van der Waals surface area contributed by atoms with E-state index in [1.54, 1.807) is 0 Å². The summed E-state index contributed by atoms with van der Waals surface area (Å²) in [6.07, 6.45) is 81.1. The summed E-state index contributed by atoms with van der Waals surface area (Å²) in [5.41, 5.74) is 0. The van der Waals surface area contributed by atoms with Crippen molar-refractivity contribution in [2.45, 2.75) is 348 Å². The molecule has 0 N–H and O–H groups in total. The maximum atomic E-state index is 12.9. The van der Waals surface area contributed by atoms with Crippen LogP contribution in [0.5, 0.6) is 0 Å². The summed E-state index contributed by atoms with van der Waals surface area (Å²) in [7, 11) is 0. The standard InChI is InChI=1S/C69H124O6/c1-4-7-10-13-16-19-21-23-25-27-29-31-33-34-36-37-39-41-43-45-47-50-53-56-59-62-68(71)74-65-66(64-73-67(70)61-58-55-52-49-18-15-12-9-6-3)75-69(72)63-60-57-54-51-48-46-44-42-40-38-35-32-30-28-26-24-22-20-17-14-11-8-5-2/h8,11,17,20,24,26,30,32,38,40,66H,4-7,9-10,12-16,18-19,21-23,25,27-29,31,33-37,39,41-65H2,1-3H3/b11-8-,20-17-,26-24-,32-30-,40-38-. The Kier molecular flexibility index (Phi) is 61.2. The molecule has 0 aromatic rings. The Hall–Kier alpha value is -2.89. The second-order valence-corrected chi connectivity index (χ2v) is 22.0. The van der Waals surface area contributed by atoms with Crippen LogP contribution >= 0.6 is 0 Å². The highest BCUT2D eigenvalue weighted by Gasteiger charge is 2.19. The number of allylic oxidation sites excluding steroid dienone is 10. The fraction of sp³-hybridized carbons (Fsp3) is 0.812. The van der Waals surface area contributed by atoms with Gasteiger partial charge in [-0.25, -0.2) is 0 Å². The lowest BCUT2D eigenvalue weighted by atomic mass is 10.0. The first-order valence-corrected chi connectivity index (χ1v) is 32.8. The first-order valence-electron chi connectivity index (χ1n) is 32.8. The molecular weight excluding hydrogens is 925 g/mol. The monoisotopic (exact) mass is 1050 g/mol. The summed E-state index contributed by atoms with van der Waals surface area (Å²) < 4.78 is 16.9.